The molecule has 2 aromatic rings. The molecule has 1 aliphatic rings. The summed E-state index contributed by atoms with van der Waals surface area (Å²) >= 11 is 1.81. The molecule has 20 heavy (non-hydrogen) atoms. The van der Waals surface area contributed by atoms with Crippen molar-refractivity contribution in [2.24, 2.45) is 5.73 Å². The van der Waals surface area contributed by atoms with Gasteiger partial charge >= 0.3 is 0 Å². The van der Waals surface area contributed by atoms with E-state index in [1.807, 2.05) is 24.0 Å². The molecule has 1 aromatic heterocycles. The molecular weight excluding hydrogens is 270 g/mol. The molecule has 0 spiro atoms. The Labute approximate surface area is 123 Å². The average molecular weight is 291 g/mol. The number of rotatable bonds is 4. The highest BCUT2D eigenvalue weighted by Crippen LogP contribution is 2.37. The van der Waals surface area contributed by atoms with Gasteiger partial charge in [0, 0.05) is 11.4 Å². The normalized spacial score (nSPS) is 23.1. The number of nitrogens with two attached hydrogens (primary N) is 1. The molecule has 0 aliphatic heterocycles. The molecule has 0 saturated heterocycles. The van der Waals surface area contributed by atoms with Crippen LogP contribution in [0.3, 0.4) is 0 Å². The first-order valence-electron chi connectivity index (χ1n) is 7.29. The number of aromatic nitrogens is 2. The van der Waals surface area contributed by atoms with Gasteiger partial charge < -0.3 is 10.5 Å². The zero-order chi connectivity index (χ0) is 13.9. The topological polar surface area (TPSA) is 63.9 Å². The third kappa shape index (κ3) is 2.79. The fourth-order valence-electron chi connectivity index (χ4n) is 2.83. The van der Waals surface area contributed by atoms with E-state index < -0.39 is 0 Å². The van der Waals surface area contributed by atoms with E-state index in [9.17, 15) is 0 Å². The maximum atomic E-state index is 6.24. The van der Waals surface area contributed by atoms with E-state index in [1.165, 1.54) is 4.90 Å². The number of hydrogen-bond acceptors (Lipinski definition) is 4. The van der Waals surface area contributed by atoms with Crippen molar-refractivity contribution in [3.63, 3.8) is 0 Å². The molecule has 1 aromatic carbocycles. The highest BCUT2D eigenvalue weighted by atomic mass is 32.2. The van der Waals surface area contributed by atoms with E-state index in [-0.39, 0.29) is 12.1 Å². The van der Waals surface area contributed by atoms with Gasteiger partial charge in [-0.05, 0) is 43.6 Å². The molecule has 3 rings (SSSR count). The first kappa shape index (κ1) is 13.8. The quantitative estimate of drug-likeness (QED) is 0.848. The number of benzene rings is 1. The minimum absolute atomic E-state index is 0.249. The third-order valence-corrected chi connectivity index (χ3v) is 4.79. The maximum Gasteiger partial charge on any atom is 0.134 e. The van der Waals surface area contributed by atoms with Crippen LogP contribution in [-0.4, -0.2) is 28.1 Å². The molecule has 5 heteroatoms. The van der Waals surface area contributed by atoms with Crippen molar-refractivity contribution in [3.05, 3.63) is 18.3 Å². The second-order valence-electron chi connectivity index (χ2n) is 5.32. The molecular formula is C15H21N3OS. The van der Waals surface area contributed by atoms with Crippen LogP contribution in [0.5, 0.6) is 5.75 Å². The van der Waals surface area contributed by atoms with Crippen LogP contribution in [0, 0.1) is 0 Å². The fourth-order valence-corrected chi connectivity index (χ4v) is 3.69. The van der Waals surface area contributed by atoms with E-state index in [1.54, 1.807) is 0 Å². The summed E-state index contributed by atoms with van der Waals surface area (Å²) in [7, 11) is 0. The van der Waals surface area contributed by atoms with Crippen molar-refractivity contribution in [2.75, 3.05) is 5.75 Å². The van der Waals surface area contributed by atoms with Crippen molar-refractivity contribution < 1.29 is 4.74 Å². The summed E-state index contributed by atoms with van der Waals surface area (Å²) in [5.41, 5.74) is 7.11. The van der Waals surface area contributed by atoms with Gasteiger partial charge in [0.1, 0.15) is 11.9 Å². The number of thioether (sulfide) groups is 1. The van der Waals surface area contributed by atoms with E-state index in [4.69, 9.17) is 10.5 Å². The first-order valence-corrected chi connectivity index (χ1v) is 8.27. The number of aromatic amines is 1. The minimum atomic E-state index is 0.249. The van der Waals surface area contributed by atoms with Crippen LogP contribution < -0.4 is 10.5 Å². The highest BCUT2D eigenvalue weighted by Gasteiger charge is 2.22. The van der Waals surface area contributed by atoms with Crippen LogP contribution in [0.1, 0.15) is 32.6 Å². The van der Waals surface area contributed by atoms with Crippen LogP contribution in [-0.2, 0) is 0 Å². The van der Waals surface area contributed by atoms with Crippen LogP contribution in [0.2, 0.25) is 0 Å². The lowest BCUT2D eigenvalue weighted by molar-refractivity contribution is 0.141. The Morgan fingerprint density at radius 3 is 3.15 bits per heavy atom. The number of hydrogen-bond donors (Lipinski definition) is 2. The lowest BCUT2D eigenvalue weighted by Crippen LogP contribution is -2.33. The second kappa shape index (κ2) is 6.06. The van der Waals surface area contributed by atoms with E-state index >= 15 is 0 Å². The predicted octanol–water partition coefficient (Wildman–Crippen LogP) is 3.32. The van der Waals surface area contributed by atoms with Gasteiger partial charge in [0.15, 0.2) is 0 Å². The minimum Gasteiger partial charge on any atom is -0.489 e. The van der Waals surface area contributed by atoms with Gasteiger partial charge in [-0.25, -0.2) is 0 Å². The predicted molar refractivity (Wildman–Crippen MR) is 83.4 cm³/mol. The molecule has 0 bridgehead atoms. The second-order valence-corrected chi connectivity index (χ2v) is 6.60. The molecule has 2 atom stereocenters. The zero-order valence-corrected chi connectivity index (χ0v) is 12.6. The van der Waals surface area contributed by atoms with Crippen molar-refractivity contribution in [1.82, 2.24) is 10.2 Å². The van der Waals surface area contributed by atoms with Crippen LogP contribution in [0.25, 0.3) is 10.9 Å². The van der Waals surface area contributed by atoms with E-state index in [0.717, 1.165) is 48.1 Å². The fraction of sp³-hybridized carbons (Fsp3) is 0.533. The molecule has 4 nitrogen and oxygen atoms in total. The van der Waals surface area contributed by atoms with Gasteiger partial charge in [-0.2, -0.15) is 5.10 Å². The Balaban J connectivity index is 1.87. The molecule has 1 aliphatic carbocycles. The number of nitrogens with one attached hydrogen (secondary N) is 1. The zero-order valence-electron chi connectivity index (χ0n) is 11.8. The van der Waals surface area contributed by atoms with Crippen LogP contribution in [0.15, 0.2) is 23.2 Å². The molecule has 1 saturated carbocycles. The molecule has 0 amide bonds. The van der Waals surface area contributed by atoms with E-state index in [0.29, 0.717) is 0 Å². The van der Waals surface area contributed by atoms with Gasteiger partial charge in [-0.3, -0.25) is 5.10 Å². The Morgan fingerprint density at radius 2 is 2.35 bits per heavy atom. The van der Waals surface area contributed by atoms with Crippen molar-refractivity contribution in [1.29, 1.82) is 0 Å². The summed E-state index contributed by atoms with van der Waals surface area (Å²) in [5, 5.41) is 8.30. The summed E-state index contributed by atoms with van der Waals surface area (Å²) in [6.45, 7) is 2.16. The lowest BCUT2D eigenvalue weighted by Gasteiger charge is -2.28. The maximum absolute atomic E-state index is 6.24. The Kier molecular flexibility index (Phi) is 4.17. The van der Waals surface area contributed by atoms with Gasteiger partial charge in [-0.15, -0.1) is 11.8 Å². The number of ether oxygens (including phenoxy) is 1. The lowest BCUT2D eigenvalue weighted by atomic mass is 9.93. The van der Waals surface area contributed by atoms with Gasteiger partial charge in [0.25, 0.3) is 0 Å². The number of H-pyrrole nitrogens is 1. The van der Waals surface area contributed by atoms with Crippen molar-refractivity contribution in [3.8, 4) is 5.75 Å². The van der Waals surface area contributed by atoms with Crippen LogP contribution >= 0.6 is 11.8 Å². The molecule has 0 radical (unpaired) electrons. The smallest absolute Gasteiger partial charge is 0.134 e. The van der Waals surface area contributed by atoms with Crippen molar-refractivity contribution in [2.45, 2.75) is 49.6 Å². The molecule has 1 fully saturated rings. The average Bonchev–Trinajstić information content (AvgIpc) is 2.90. The first-order chi connectivity index (χ1) is 9.78. The molecule has 0 unspecified atom stereocenters. The SMILES string of the molecule is CCSc1c(O[C@@H]2CCC[C@H](N)C2)ccc2[nH]ncc12. The summed E-state index contributed by atoms with van der Waals surface area (Å²) in [6, 6.07) is 4.38. The monoisotopic (exact) mass is 291 g/mol. The molecule has 1 heterocycles. The largest absolute Gasteiger partial charge is 0.489 e. The highest BCUT2D eigenvalue weighted by molar-refractivity contribution is 7.99. The Bertz CT molecular complexity index is 584. The summed E-state index contributed by atoms with van der Waals surface area (Å²) in [5.74, 6) is 2.00. The molecule has 3 N–H and O–H groups in total. The summed E-state index contributed by atoms with van der Waals surface area (Å²) < 4.78 is 6.24. The van der Waals surface area contributed by atoms with Crippen molar-refractivity contribution >= 4 is 22.7 Å². The Morgan fingerprint density at radius 1 is 1.45 bits per heavy atom. The van der Waals surface area contributed by atoms with Gasteiger partial charge in [0.2, 0.25) is 0 Å². The van der Waals surface area contributed by atoms with Gasteiger partial charge in [-0.1, -0.05) is 6.92 Å². The van der Waals surface area contributed by atoms with E-state index in [2.05, 4.69) is 23.2 Å². The third-order valence-electron chi connectivity index (χ3n) is 3.79. The number of nitrogens with zero attached hydrogens (tertiary/aromatic N) is 1. The van der Waals surface area contributed by atoms with Gasteiger partial charge in [0.05, 0.1) is 16.6 Å². The molecule has 108 valence electrons. The standard InChI is InChI=1S/C15H21N3OS/c1-2-20-15-12-9-17-18-13(12)6-7-14(15)19-11-5-3-4-10(16)8-11/h6-7,9-11H,2-5,8,16H2,1H3,(H,17,18)/t10-,11+/m0/s1. The number of fused-ring (bicyclic) bond motifs is 1. The summed E-state index contributed by atoms with van der Waals surface area (Å²) in [6.07, 6.45) is 6.48. The Hall–Kier alpha value is -1.20. The van der Waals surface area contributed by atoms with Crippen LogP contribution in [0.4, 0.5) is 0 Å². The summed E-state index contributed by atoms with van der Waals surface area (Å²) in [4.78, 5) is 1.19.